The molecule has 0 amide bonds. The van der Waals surface area contributed by atoms with E-state index >= 15 is 0 Å². The molecule has 6 atom stereocenters. The SMILES string of the molecule is CCCCC/C=C\C/C=C\CCCCCCCCCC(=O)OCC(COC1OC(C(=O)O)C(O)C(O)C1OC(=O)CCCCCCCCC/C=C\CCCCCCCC)OC(=O)CCCCCCCCC/C=C\CCCCCCCC. The van der Waals surface area contributed by atoms with Gasteiger partial charge in [0.1, 0.15) is 18.8 Å². The lowest BCUT2D eigenvalue weighted by atomic mass is 9.98. The first-order valence-corrected chi connectivity index (χ1v) is 33.6. The summed E-state index contributed by atoms with van der Waals surface area (Å²) in [6, 6.07) is 0. The molecule has 0 radical (unpaired) electrons. The van der Waals surface area contributed by atoms with Gasteiger partial charge in [-0.3, -0.25) is 14.4 Å². The summed E-state index contributed by atoms with van der Waals surface area (Å²) in [5, 5.41) is 31.6. The quantitative estimate of drug-likeness (QED) is 0.0228. The van der Waals surface area contributed by atoms with Crippen LogP contribution in [0.3, 0.4) is 0 Å². The second kappa shape index (κ2) is 57.1. The van der Waals surface area contributed by atoms with E-state index in [9.17, 15) is 34.5 Å². The van der Waals surface area contributed by atoms with Crippen LogP contribution in [0.4, 0.5) is 0 Å². The highest BCUT2D eigenvalue weighted by Gasteiger charge is 2.50. The van der Waals surface area contributed by atoms with Crippen molar-refractivity contribution < 1.29 is 58.2 Å². The lowest BCUT2D eigenvalue weighted by Gasteiger charge is -2.40. The molecule has 0 bridgehead atoms. The van der Waals surface area contributed by atoms with Crippen LogP contribution in [0.15, 0.2) is 48.6 Å². The van der Waals surface area contributed by atoms with Gasteiger partial charge in [0, 0.05) is 19.3 Å². The molecular weight excluding hydrogens is 1020 g/mol. The van der Waals surface area contributed by atoms with Crippen molar-refractivity contribution in [1.82, 2.24) is 0 Å². The minimum atomic E-state index is -1.91. The number of hydrogen-bond acceptors (Lipinski definition) is 11. The largest absolute Gasteiger partial charge is 0.479 e. The Morgan fingerprint density at radius 1 is 0.407 bits per heavy atom. The summed E-state index contributed by atoms with van der Waals surface area (Å²) in [6.07, 6.45) is 57.7. The Labute approximate surface area is 494 Å². The Morgan fingerprint density at radius 2 is 0.741 bits per heavy atom. The minimum absolute atomic E-state index is 0.0561. The third-order valence-corrected chi connectivity index (χ3v) is 15.3. The maximum absolute atomic E-state index is 13.2. The number of rotatable bonds is 58. The molecule has 1 aliphatic rings. The van der Waals surface area contributed by atoms with Gasteiger partial charge in [-0.15, -0.1) is 0 Å². The molecule has 0 aromatic heterocycles. The maximum Gasteiger partial charge on any atom is 0.335 e. The summed E-state index contributed by atoms with van der Waals surface area (Å²) in [6.45, 7) is 6.00. The van der Waals surface area contributed by atoms with Crippen molar-refractivity contribution in [3.05, 3.63) is 48.6 Å². The van der Waals surface area contributed by atoms with Crippen molar-refractivity contribution in [3.8, 4) is 0 Å². The Hall–Kier alpha value is -3.32. The standard InChI is InChI=1S/C69H122O12/c1-4-7-10-13-16-19-22-25-28-31-34-37-40-43-46-49-52-55-61(70)77-58-60(79-62(71)56-53-50-47-44-41-38-35-32-29-26-23-20-17-14-11-8-5-2)59-78-69-67(65(74)64(73)66(81-69)68(75)76)80-63(72)57-54-51-48-45-42-39-36-33-30-27-24-21-18-15-12-9-6-3/h16,19,25-30,60,64-67,69,73-74H,4-15,17-18,20-24,31-59H2,1-3H3,(H,75,76)/b19-16-,28-25-,29-26-,30-27-. The van der Waals surface area contributed by atoms with Crippen LogP contribution in [-0.2, 0) is 42.9 Å². The van der Waals surface area contributed by atoms with Crippen molar-refractivity contribution in [2.75, 3.05) is 13.2 Å². The van der Waals surface area contributed by atoms with Gasteiger partial charge in [0.05, 0.1) is 6.61 Å². The third kappa shape index (κ3) is 46.7. The predicted octanol–water partition coefficient (Wildman–Crippen LogP) is 18.1. The fraction of sp³-hybridized carbons (Fsp3) is 0.826. The number of allylic oxidation sites excluding steroid dienone is 8. The summed E-state index contributed by atoms with van der Waals surface area (Å²) < 4.78 is 28.6. The zero-order chi connectivity index (χ0) is 58.9. The van der Waals surface area contributed by atoms with Gasteiger partial charge in [-0.25, -0.2) is 4.79 Å². The lowest BCUT2D eigenvalue weighted by molar-refractivity contribution is -0.301. The summed E-state index contributed by atoms with van der Waals surface area (Å²) in [7, 11) is 0. The van der Waals surface area contributed by atoms with Crippen molar-refractivity contribution in [2.24, 2.45) is 0 Å². The molecule has 1 rings (SSSR count). The zero-order valence-corrected chi connectivity index (χ0v) is 52.0. The Kier molecular flexibility index (Phi) is 53.4. The molecule has 0 saturated carbocycles. The smallest absolute Gasteiger partial charge is 0.335 e. The number of hydrogen-bond donors (Lipinski definition) is 3. The zero-order valence-electron chi connectivity index (χ0n) is 52.0. The first-order chi connectivity index (χ1) is 39.6. The highest BCUT2D eigenvalue weighted by atomic mass is 16.7. The molecule has 1 saturated heterocycles. The highest BCUT2D eigenvalue weighted by Crippen LogP contribution is 2.27. The van der Waals surface area contributed by atoms with Crippen LogP contribution in [0.5, 0.6) is 0 Å². The first-order valence-electron chi connectivity index (χ1n) is 33.6. The van der Waals surface area contributed by atoms with Crippen molar-refractivity contribution >= 4 is 23.9 Å². The second-order valence-electron chi connectivity index (χ2n) is 23.1. The third-order valence-electron chi connectivity index (χ3n) is 15.3. The Morgan fingerprint density at radius 3 is 1.15 bits per heavy atom. The number of carbonyl (C=O) groups excluding carboxylic acids is 3. The molecule has 0 aromatic carbocycles. The number of ether oxygens (including phenoxy) is 5. The molecule has 1 fully saturated rings. The number of carbonyl (C=O) groups is 4. The number of carboxylic acids is 1. The molecule has 81 heavy (non-hydrogen) atoms. The van der Waals surface area contributed by atoms with E-state index in [4.69, 9.17) is 23.7 Å². The Bertz CT molecular complexity index is 1590. The van der Waals surface area contributed by atoms with Gasteiger partial charge < -0.3 is 39.0 Å². The van der Waals surface area contributed by atoms with Gasteiger partial charge in [0.25, 0.3) is 0 Å². The fourth-order valence-corrected chi connectivity index (χ4v) is 10.2. The number of aliphatic hydroxyl groups is 2. The molecule has 12 nitrogen and oxygen atoms in total. The van der Waals surface area contributed by atoms with Gasteiger partial charge >= 0.3 is 23.9 Å². The molecule has 0 aromatic rings. The molecule has 1 aliphatic heterocycles. The normalized spacial score (nSPS) is 18.0. The van der Waals surface area contributed by atoms with Gasteiger partial charge in [-0.1, -0.05) is 243 Å². The van der Waals surface area contributed by atoms with E-state index in [2.05, 4.69) is 69.4 Å². The second-order valence-corrected chi connectivity index (χ2v) is 23.1. The van der Waals surface area contributed by atoms with Gasteiger partial charge in [0.2, 0.25) is 0 Å². The van der Waals surface area contributed by atoms with Gasteiger partial charge in [-0.2, -0.15) is 0 Å². The van der Waals surface area contributed by atoms with Crippen molar-refractivity contribution in [2.45, 2.75) is 353 Å². The topological polar surface area (TPSA) is 175 Å². The molecular formula is C69H122O12. The average molecular weight is 1140 g/mol. The monoisotopic (exact) mass is 1140 g/mol. The fourth-order valence-electron chi connectivity index (χ4n) is 10.2. The molecule has 3 N–H and O–H groups in total. The van der Waals surface area contributed by atoms with E-state index in [0.29, 0.717) is 19.3 Å². The summed E-state index contributed by atoms with van der Waals surface area (Å²) >= 11 is 0. The summed E-state index contributed by atoms with van der Waals surface area (Å²) in [4.78, 5) is 51.4. The molecule has 1 heterocycles. The minimum Gasteiger partial charge on any atom is -0.479 e. The predicted molar refractivity (Wildman–Crippen MR) is 331 cm³/mol. The number of aliphatic hydroxyl groups excluding tert-OH is 2. The number of unbranched alkanes of at least 4 members (excludes halogenated alkanes) is 36. The summed E-state index contributed by atoms with van der Waals surface area (Å²) in [5.74, 6) is -3.11. The van der Waals surface area contributed by atoms with Crippen LogP contribution >= 0.6 is 0 Å². The van der Waals surface area contributed by atoms with Gasteiger partial charge in [0.15, 0.2) is 24.6 Å². The van der Waals surface area contributed by atoms with E-state index in [0.717, 1.165) is 103 Å². The van der Waals surface area contributed by atoms with Gasteiger partial charge in [-0.05, 0) is 103 Å². The molecule has 470 valence electrons. The Balaban J connectivity index is 2.65. The van der Waals surface area contributed by atoms with Crippen LogP contribution in [0, 0.1) is 0 Å². The number of aliphatic carboxylic acids is 1. The number of carboxylic acid groups (broad SMARTS) is 1. The molecule has 0 spiro atoms. The van der Waals surface area contributed by atoms with Crippen LogP contribution < -0.4 is 0 Å². The van der Waals surface area contributed by atoms with E-state index in [1.165, 1.54) is 154 Å². The summed E-state index contributed by atoms with van der Waals surface area (Å²) in [5.41, 5.74) is 0. The molecule has 12 heteroatoms. The van der Waals surface area contributed by atoms with E-state index in [1.54, 1.807) is 0 Å². The lowest BCUT2D eigenvalue weighted by Crippen LogP contribution is -2.61. The van der Waals surface area contributed by atoms with Crippen LogP contribution in [0.25, 0.3) is 0 Å². The van der Waals surface area contributed by atoms with E-state index in [1.807, 2.05) is 0 Å². The van der Waals surface area contributed by atoms with E-state index in [-0.39, 0.29) is 25.9 Å². The van der Waals surface area contributed by atoms with Crippen LogP contribution in [0.2, 0.25) is 0 Å². The van der Waals surface area contributed by atoms with Crippen LogP contribution in [-0.4, -0.2) is 89.2 Å². The van der Waals surface area contributed by atoms with Crippen molar-refractivity contribution in [1.29, 1.82) is 0 Å². The first kappa shape index (κ1) is 75.7. The number of esters is 3. The molecule has 0 aliphatic carbocycles. The van der Waals surface area contributed by atoms with Crippen molar-refractivity contribution in [3.63, 3.8) is 0 Å². The van der Waals surface area contributed by atoms with Crippen LogP contribution in [0.1, 0.15) is 316 Å². The maximum atomic E-state index is 13.2. The molecule has 6 unspecified atom stereocenters. The highest BCUT2D eigenvalue weighted by molar-refractivity contribution is 5.74. The van der Waals surface area contributed by atoms with E-state index < -0.39 is 67.3 Å². The average Bonchev–Trinajstić information content (AvgIpc) is 3.53.